The van der Waals surface area contributed by atoms with E-state index in [0.29, 0.717) is 29.6 Å². The van der Waals surface area contributed by atoms with Gasteiger partial charge in [-0.15, -0.1) is 0 Å². The van der Waals surface area contributed by atoms with E-state index in [1.807, 2.05) is 60.7 Å². The summed E-state index contributed by atoms with van der Waals surface area (Å²) in [5, 5.41) is 9.59. The Morgan fingerprint density at radius 2 is 0.920 bits per heavy atom. The lowest BCUT2D eigenvalue weighted by Gasteiger charge is -2.22. The van der Waals surface area contributed by atoms with Crippen LogP contribution in [-0.4, -0.2) is 32.0 Å². The van der Waals surface area contributed by atoms with Gasteiger partial charge in [0, 0.05) is 29.5 Å². The van der Waals surface area contributed by atoms with Crippen molar-refractivity contribution in [2.75, 3.05) is 23.0 Å². The van der Waals surface area contributed by atoms with Crippen LogP contribution in [0.4, 0.5) is 29.2 Å². The molecule has 4 aromatic carbocycles. The van der Waals surface area contributed by atoms with Crippen molar-refractivity contribution in [3.05, 3.63) is 96.1 Å². The largest absolute Gasteiger partial charge is 0.436 e. The molecule has 3 heterocycles. The lowest BCUT2D eigenvalue weighted by atomic mass is 9.82. The first-order valence-corrected chi connectivity index (χ1v) is 17.0. The van der Waals surface area contributed by atoms with Gasteiger partial charge in [-0.05, 0) is 108 Å². The first-order valence-electron chi connectivity index (χ1n) is 17.0. The summed E-state index contributed by atoms with van der Waals surface area (Å²) < 4.78 is 12.2. The SMILES string of the molecule is CCC(C)(C)c1ccc2oc(-c3ccc(Nc4nc(NC)nc(Nc5ccc(-c6nc7cc(C(C)(C)CC)ccc7o6)cc5)n4)cc3)nc2c1. The minimum Gasteiger partial charge on any atom is -0.436 e. The molecule has 0 atom stereocenters. The Labute approximate surface area is 291 Å². The summed E-state index contributed by atoms with van der Waals surface area (Å²) in [6.45, 7) is 13.4. The maximum atomic E-state index is 6.09. The zero-order chi connectivity index (χ0) is 35.0. The highest BCUT2D eigenvalue weighted by Crippen LogP contribution is 2.33. The smallest absolute Gasteiger partial charge is 0.233 e. The Morgan fingerprint density at radius 1 is 0.520 bits per heavy atom. The summed E-state index contributed by atoms with van der Waals surface area (Å²) in [4.78, 5) is 23.2. The van der Waals surface area contributed by atoms with Gasteiger partial charge in [-0.1, -0.05) is 53.7 Å². The van der Waals surface area contributed by atoms with Gasteiger partial charge in [-0.2, -0.15) is 15.0 Å². The molecule has 0 saturated carbocycles. The number of aromatic nitrogens is 5. The average molecular weight is 667 g/mol. The van der Waals surface area contributed by atoms with Crippen molar-refractivity contribution < 1.29 is 8.83 Å². The van der Waals surface area contributed by atoms with E-state index in [4.69, 9.17) is 18.8 Å². The normalized spacial score (nSPS) is 12.1. The van der Waals surface area contributed by atoms with E-state index in [-0.39, 0.29) is 10.8 Å². The van der Waals surface area contributed by atoms with Gasteiger partial charge in [0.25, 0.3) is 0 Å². The van der Waals surface area contributed by atoms with Crippen molar-refractivity contribution in [3.8, 4) is 22.9 Å². The summed E-state index contributed by atoms with van der Waals surface area (Å²) in [5.41, 5.74) is 9.29. The predicted octanol–water partition coefficient (Wildman–Crippen LogP) is 10.4. The highest BCUT2D eigenvalue weighted by atomic mass is 16.4. The number of benzene rings is 4. The van der Waals surface area contributed by atoms with E-state index in [1.165, 1.54) is 11.1 Å². The topological polar surface area (TPSA) is 127 Å². The van der Waals surface area contributed by atoms with Gasteiger partial charge in [0.05, 0.1) is 0 Å². The number of oxazole rings is 2. The molecule has 0 amide bonds. The number of hydrogen-bond donors (Lipinski definition) is 3. The predicted molar refractivity (Wildman–Crippen MR) is 201 cm³/mol. The number of nitrogens with one attached hydrogen (secondary N) is 3. The molecular weight excluding hydrogens is 624 g/mol. The first-order chi connectivity index (χ1) is 24.0. The Hall–Kier alpha value is -5.77. The number of hydrogen-bond acceptors (Lipinski definition) is 10. The van der Waals surface area contributed by atoms with E-state index in [1.54, 1.807) is 7.05 Å². The number of anilines is 5. The molecule has 50 heavy (non-hydrogen) atoms. The maximum Gasteiger partial charge on any atom is 0.233 e. The molecule has 3 aromatic heterocycles. The third-order valence-corrected chi connectivity index (χ3v) is 9.74. The molecule has 0 radical (unpaired) electrons. The van der Waals surface area contributed by atoms with Crippen LogP contribution in [0.5, 0.6) is 0 Å². The third-order valence-electron chi connectivity index (χ3n) is 9.74. The summed E-state index contributed by atoms with van der Waals surface area (Å²) in [6, 6.07) is 28.2. The second kappa shape index (κ2) is 12.9. The summed E-state index contributed by atoms with van der Waals surface area (Å²) >= 11 is 0. The Kier molecular flexibility index (Phi) is 8.47. The van der Waals surface area contributed by atoms with Gasteiger partial charge in [-0.3, -0.25) is 0 Å². The highest BCUT2D eigenvalue weighted by Gasteiger charge is 2.21. The molecular formula is C40H42N8O2. The van der Waals surface area contributed by atoms with Gasteiger partial charge in [-0.25, -0.2) is 9.97 Å². The molecule has 7 rings (SSSR count). The van der Waals surface area contributed by atoms with Gasteiger partial charge in [0.1, 0.15) is 11.0 Å². The second-order valence-corrected chi connectivity index (χ2v) is 13.8. The van der Waals surface area contributed by atoms with Gasteiger partial charge in [0.15, 0.2) is 11.2 Å². The third kappa shape index (κ3) is 6.61. The standard InChI is InChI=1S/C40H42N8O2/c1-8-39(3,4)26-14-20-32-30(22-26)44-34(49-32)24-10-16-28(17-11-24)42-37-46-36(41-7)47-38(48-37)43-29-18-12-25(13-19-29)35-45-31-23-27(40(5,6)9-2)15-21-33(31)50-35/h10-23H,8-9H2,1-7H3,(H3,41,42,43,46,47,48). The van der Waals surface area contributed by atoms with Crippen LogP contribution in [-0.2, 0) is 10.8 Å². The molecule has 7 aromatic rings. The van der Waals surface area contributed by atoms with Gasteiger partial charge < -0.3 is 24.8 Å². The number of nitrogens with zero attached hydrogens (tertiary/aromatic N) is 5. The van der Waals surface area contributed by atoms with Crippen LogP contribution in [0.1, 0.15) is 65.5 Å². The highest BCUT2D eigenvalue weighted by molar-refractivity contribution is 5.79. The van der Waals surface area contributed by atoms with E-state index in [0.717, 1.165) is 57.5 Å². The average Bonchev–Trinajstić information content (AvgIpc) is 3.76. The van der Waals surface area contributed by atoms with E-state index in [2.05, 4.69) is 96.7 Å². The zero-order valence-electron chi connectivity index (χ0n) is 29.5. The summed E-state index contributed by atoms with van der Waals surface area (Å²) in [6.07, 6.45) is 2.08. The van der Waals surface area contributed by atoms with Crippen LogP contribution in [0.25, 0.3) is 45.1 Å². The van der Waals surface area contributed by atoms with Crippen LogP contribution < -0.4 is 16.0 Å². The Bertz CT molecular complexity index is 2130. The molecule has 0 aliphatic carbocycles. The summed E-state index contributed by atoms with van der Waals surface area (Å²) in [5.74, 6) is 2.36. The van der Waals surface area contributed by atoms with Crippen molar-refractivity contribution in [3.63, 3.8) is 0 Å². The van der Waals surface area contributed by atoms with Crippen LogP contribution in [0.3, 0.4) is 0 Å². The lowest BCUT2D eigenvalue weighted by Crippen LogP contribution is -2.14. The fraction of sp³-hybridized carbons (Fsp3) is 0.275. The zero-order valence-corrected chi connectivity index (χ0v) is 29.5. The maximum absolute atomic E-state index is 6.09. The molecule has 3 N–H and O–H groups in total. The van der Waals surface area contributed by atoms with Crippen molar-refractivity contribution in [2.45, 2.75) is 65.2 Å². The number of fused-ring (bicyclic) bond motifs is 2. The summed E-state index contributed by atoms with van der Waals surface area (Å²) in [7, 11) is 1.77. The van der Waals surface area contributed by atoms with Crippen molar-refractivity contribution >= 4 is 51.4 Å². The van der Waals surface area contributed by atoms with Crippen LogP contribution in [0.15, 0.2) is 93.8 Å². The lowest BCUT2D eigenvalue weighted by molar-refractivity contribution is 0.506. The van der Waals surface area contributed by atoms with Gasteiger partial charge >= 0.3 is 0 Å². The van der Waals surface area contributed by atoms with E-state index >= 15 is 0 Å². The fourth-order valence-electron chi connectivity index (χ4n) is 5.60. The van der Waals surface area contributed by atoms with Crippen LogP contribution in [0, 0.1) is 0 Å². The molecule has 0 fully saturated rings. The molecule has 10 nitrogen and oxygen atoms in total. The second-order valence-electron chi connectivity index (χ2n) is 13.8. The molecule has 0 unspecified atom stereocenters. The van der Waals surface area contributed by atoms with E-state index < -0.39 is 0 Å². The van der Waals surface area contributed by atoms with E-state index in [9.17, 15) is 0 Å². The quantitative estimate of drug-likeness (QED) is 0.123. The molecule has 254 valence electrons. The fourth-order valence-corrected chi connectivity index (χ4v) is 5.60. The number of rotatable bonds is 11. The molecule has 0 saturated heterocycles. The minimum absolute atomic E-state index is 0.0771. The van der Waals surface area contributed by atoms with Gasteiger partial charge in [0.2, 0.25) is 29.6 Å². The molecule has 0 bridgehead atoms. The van der Waals surface area contributed by atoms with Crippen LogP contribution in [0.2, 0.25) is 0 Å². The molecule has 10 heteroatoms. The molecule has 0 aliphatic heterocycles. The monoisotopic (exact) mass is 666 g/mol. The minimum atomic E-state index is 0.0771. The Balaban J connectivity index is 1.05. The van der Waals surface area contributed by atoms with Crippen molar-refractivity contribution in [1.82, 2.24) is 24.9 Å². The van der Waals surface area contributed by atoms with Crippen LogP contribution >= 0.6 is 0 Å². The first kappa shape index (κ1) is 32.8. The molecule has 0 aliphatic rings. The van der Waals surface area contributed by atoms with Crippen molar-refractivity contribution in [2.24, 2.45) is 0 Å². The Morgan fingerprint density at radius 3 is 1.30 bits per heavy atom. The van der Waals surface area contributed by atoms with Crippen molar-refractivity contribution in [1.29, 1.82) is 0 Å². The molecule has 0 spiro atoms.